The topological polar surface area (TPSA) is 88.4 Å². The molecule has 2 rings (SSSR count). The number of benzene rings is 2. The molecule has 0 radical (unpaired) electrons. The average molecular weight is 451 g/mol. The molecule has 6 nitrogen and oxygen atoms in total. The number of esters is 1. The lowest BCUT2D eigenvalue weighted by Crippen LogP contribution is -2.42. The third-order valence-corrected chi connectivity index (χ3v) is 5.06. The van der Waals surface area contributed by atoms with Crippen molar-refractivity contribution in [2.24, 2.45) is 5.92 Å². The first-order chi connectivity index (χ1) is 15.7. The molecular weight excluding hydrogens is 416 g/mol. The summed E-state index contributed by atoms with van der Waals surface area (Å²) in [5, 5.41) is 11.9. The highest BCUT2D eigenvalue weighted by Gasteiger charge is 2.27. The Kier molecular flexibility index (Phi) is 9.93. The van der Waals surface area contributed by atoms with Gasteiger partial charge in [0, 0.05) is 12.5 Å². The second-order valence-electron chi connectivity index (χ2n) is 8.99. The van der Waals surface area contributed by atoms with Gasteiger partial charge in [-0.2, -0.15) is 5.26 Å². The molecule has 0 heterocycles. The van der Waals surface area contributed by atoms with Crippen LogP contribution < -0.4 is 5.32 Å². The minimum Gasteiger partial charge on any atom is -0.466 e. The van der Waals surface area contributed by atoms with Crippen LogP contribution in [-0.2, 0) is 20.7 Å². The van der Waals surface area contributed by atoms with Gasteiger partial charge in [-0.15, -0.1) is 0 Å². The predicted octanol–water partition coefficient (Wildman–Crippen LogP) is 5.66. The Hall–Kier alpha value is -3.33. The lowest BCUT2D eigenvalue weighted by molar-refractivity contribution is -0.148. The van der Waals surface area contributed by atoms with E-state index in [0.717, 1.165) is 16.7 Å². The number of rotatable bonds is 10. The molecule has 176 valence electrons. The molecule has 0 spiro atoms. The first-order valence-corrected chi connectivity index (χ1v) is 11.4. The maximum absolute atomic E-state index is 12.5. The van der Waals surface area contributed by atoms with Gasteiger partial charge in [-0.25, -0.2) is 4.79 Å². The number of carbonyl (C=O) groups excluding carboxylic acids is 2. The van der Waals surface area contributed by atoms with Crippen LogP contribution in [0.1, 0.15) is 52.5 Å². The summed E-state index contributed by atoms with van der Waals surface area (Å²) >= 11 is 0. The summed E-state index contributed by atoms with van der Waals surface area (Å²) in [6.45, 7) is 7.44. The first-order valence-electron chi connectivity index (χ1n) is 11.4. The Bertz CT molecular complexity index is 927. The van der Waals surface area contributed by atoms with Crippen molar-refractivity contribution in [2.75, 3.05) is 6.61 Å². The standard InChI is InChI=1S/C27H34N2O4/c1-5-32-25(30)23(12-9-17-28)19-24(29-26(31)33-27(2,3)4)18-20-13-15-22(16-14-20)21-10-7-6-8-11-21/h6-8,10-11,13-16,23-24H,5,9,12,18-19H2,1-4H3,(H,29,31)/t23-,24-/m1/s1. The van der Waals surface area contributed by atoms with Crippen molar-refractivity contribution in [3.63, 3.8) is 0 Å². The van der Waals surface area contributed by atoms with Crippen molar-refractivity contribution in [1.29, 1.82) is 5.26 Å². The molecule has 0 aliphatic carbocycles. The molecule has 0 bridgehead atoms. The fourth-order valence-corrected chi connectivity index (χ4v) is 3.59. The second-order valence-corrected chi connectivity index (χ2v) is 8.99. The van der Waals surface area contributed by atoms with Crippen molar-refractivity contribution >= 4 is 12.1 Å². The lowest BCUT2D eigenvalue weighted by Gasteiger charge is -2.26. The molecule has 0 aliphatic heterocycles. The number of nitriles is 1. The Morgan fingerprint density at radius 3 is 2.24 bits per heavy atom. The molecule has 0 saturated heterocycles. The van der Waals surface area contributed by atoms with E-state index < -0.39 is 17.6 Å². The van der Waals surface area contributed by atoms with Crippen LogP contribution in [0.4, 0.5) is 4.79 Å². The summed E-state index contributed by atoms with van der Waals surface area (Å²) in [5.74, 6) is -0.823. The summed E-state index contributed by atoms with van der Waals surface area (Å²) in [6, 6.07) is 20.0. The molecule has 2 aromatic carbocycles. The van der Waals surface area contributed by atoms with Gasteiger partial charge in [0.2, 0.25) is 0 Å². The van der Waals surface area contributed by atoms with Crippen molar-refractivity contribution in [2.45, 2.75) is 65.0 Å². The maximum Gasteiger partial charge on any atom is 0.407 e. The van der Waals surface area contributed by atoms with Crippen LogP contribution in [0, 0.1) is 17.2 Å². The van der Waals surface area contributed by atoms with Gasteiger partial charge >= 0.3 is 12.1 Å². The molecule has 0 aliphatic rings. The number of hydrogen-bond donors (Lipinski definition) is 1. The number of ether oxygens (including phenoxy) is 2. The summed E-state index contributed by atoms with van der Waals surface area (Å²) in [4.78, 5) is 25.0. The van der Waals surface area contributed by atoms with E-state index in [4.69, 9.17) is 14.7 Å². The van der Waals surface area contributed by atoms with Crippen molar-refractivity contribution < 1.29 is 19.1 Å². The molecule has 33 heavy (non-hydrogen) atoms. The summed E-state index contributed by atoms with van der Waals surface area (Å²) in [7, 11) is 0. The van der Waals surface area contributed by atoms with Crippen molar-refractivity contribution in [3.8, 4) is 17.2 Å². The number of amides is 1. The minimum absolute atomic E-state index is 0.244. The lowest BCUT2D eigenvalue weighted by atomic mass is 9.91. The fourth-order valence-electron chi connectivity index (χ4n) is 3.59. The number of carbonyl (C=O) groups is 2. The zero-order valence-corrected chi connectivity index (χ0v) is 20.0. The maximum atomic E-state index is 12.5. The molecule has 2 atom stereocenters. The number of nitrogens with one attached hydrogen (secondary N) is 1. The first kappa shape index (κ1) is 25.9. The van der Waals surface area contributed by atoms with Gasteiger partial charge < -0.3 is 14.8 Å². The monoisotopic (exact) mass is 450 g/mol. The highest BCUT2D eigenvalue weighted by atomic mass is 16.6. The van der Waals surface area contributed by atoms with Gasteiger partial charge in [0.05, 0.1) is 18.6 Å². The highest BCUT2D eigenvalue weighted by molar-refractivity contribution is 5.73. The third kappa shape index (κ3) is 9.36. The van der Waals surface area contributed by atoms with Gasteiger partial charge in [0.15, 0.2) is 0 Å². The SMILES string of the molecule is CCOC(=O)[C@H](CCC#N)C[C@@H](Cc1ccc(-c2ccccc2)cc1)NC(=O)OC(C)(C)C. The smallest absolute Gasteiger partial charge is 0.407 e. The van der Waals surface area contributed by atoms with E-state index in [2.05, 4.69) is 23.5 Å². The van der Waals surface area contributed by atoms with E-state index in [-0.39, 0.29) is 25.0 Å². The van der Waals surface area contributed by atoms with E-state index in [1.54, 1.807) is 27.7 Å². The number of hydrogen-bond acceptors (Lipinski definition) is 5. The largest absolute Gasteiger partial charge is 0.466 e. The summed E-state index contributed by atoms with van der Waals surface area (Å²) < 4.78 is 10.6. The molecule has 0 unspecified atom stereocenters. The van der Waals surface area contributed by atoms with Gasteiger partial charge in [0.1, 0.15) is 5.60 Å². The zero-order valence-electron chi connectivity index (χ0n) is 20.0. The molecule has 1 amide bonds. The van der Waals surface area contributed by atoms with Crippen LogP contribution in [0.25, 0.3) is 11.1 Å². The third-order valence-electron chi connectivity index (χ3n) is 5.06. The molecule has 6 heteroatoms. The predicted molar refractivity (Wildman–Crippen MR) is 128 cm³/mol. The zero-order chi connectivity index (χ0) is 24.3. The van der Waals surface area contributed by atoms with Crippen molar-refractivity contribution in [3.05, 3.63) is 60.2 Å². The molecule has 0 saturated carbocycles. The van der Waals surface area contributed by atoms with Crippen molar-refractivity contribution in [1.82, 2.24) is 5.32 Å². The van der Waals surface area contributed by atoms with Gasteiger partial charge in [-0.05, 0) is 63.6 Å². The normalized spacial score (nSPS) is 12.8. The number of nitrogens with zero attached hydrogens (tertiary/aromatic N) is 1. The van der Waals surface area contributed by atoms with Crippen LogP contribution in [0.3, 0.4) is 0 Å². The Morgan fingerprint density at radius 2 is 1.67 bits per heavy atom. The number of alkyl carbamates (subject to hydrolysis) is 1. The van der Waals surface area contributed by atoms with Crippen LogP contribution in [0.2, 0.25) is 0 Å². The van der Waals surface area contributed by atoms with E-state index in [1.807, 2.05) is 42.5 Å². The summed E-state index contributed by atoms with van der Waals surface area (Å²) in [6.07, 6.45) is 0.983. The molecule has 0 aromatic heterocycles. The average Bonchev–Trinajstić information content (AvgIpc) is 2.76. The fraction of sp³-hybridized carbons (Fsp3) is 0.444. The van der Waals surface area contributed by atoms with Gasteiger partial charge in [-0.1, -0.05) is 54.6 Å². The molecular formula is C27H34N2O4. The second kappa shape index (κ2) is 12.6. The van der Waals surface area contributed by atoms with Gasteiger partial charge in [-0.3, -0.25) is 4.79 Å². The molecule has 0 fully saturated rings. The quantitative estimate of drug-likeness (QED) is 0.472. The minimum atomic E-state index is -0.632. The van der Waals surface area contributed by atoms with Crippen LogP contribution in [-0.4, -0.2) is 30.3 Å². The molecule has 1 N–H and O–H groups in total. The van der Waals surface area contributed by atoms with Crippen LogP contribution >= 0.6 is 0 Å². The van der Waals surface area contributed by atoms with Crippen LogP contribution in [0.15, 0.2) is 54.6 Å². The van der Waals surface area contributed by atoms with E-state index in [1.165, 1.54) is 0 Å². The van der Waals surface area contributed by atoms with E-state index in [9.17, 15) is 9.59 Å². The van der Waals surface area contributed by atoms with E-state index >= 15 is 0 Å². The highest BCUT2D eigenvalue weighted by Crippen LogP contribution is 2.22. The molecule has 2 aromatic rings. The van der Waals surface area contributed by atoms with E-state index in [0.29, 0.717) is 19.3 Å². The Labute approximate surface area is 196 Å². The van der Waals surface area contributed by atoms with Crippen LogP contribution in [0.5, 0.6) is 0 Å². The Morgan fingerprint density at radius 1 is 1.03 bits per heavy atom. The Balaban J connectivity index is 2.19. The summed E-state index contributed by atoms with van der Waals surface area (Å²) in [5.41, 5.74) is 2.63. The van der Waals surface area contributed by atoms with Gasteiger partial charge in [0.25, 0.3) is 0 Å².